The van der Waals surface area contributed by atoms with Gasteiger partial charge >= 0.3 is 0 Å². The van der Waals surface area contributed by atoms with Gasteiger partial charge in [0, 0.05) is 18.4 Å². The van der Waals surface area contributed by atoms with Crippen LogP contribution in [0.3, 0.4) is 0 Å². The number of ether oxygens (including phenoxy) is 1. The molecule has 96 valence electrons. The van der Waals surface area contributed by atoms with Gasteiger partial charge in [0.25, 0.3) is 0 Å². The molecule has 3 aliphatic rings. The first kappa shape index (κ1) is 12.2. The van der Waals surface area contributed by atoms with Gasteiger partial charge in [-0.15, -0.1) is 0 Å². The van der Waals surface area contributed by atoms with Crippen molar-refractivity contribution in [2.24, 2.45) is 0 Å². The first-order chi connectivity index (χ1) is 8.05. The van der Waals surface area contributed by atoms with Gasteiger partial charge in [0.05, 0.1) is 23.7 Å². The van der Waals surface area contributed by atoms with E-state index >= 15 is 0 Å². The summed E-state index contributed by atoms with van der Waals surface area (Å²) < 4.78 is 29.7. The predicted molar refractivity (Wildman–Crippen MR) is 72.1 cm³/mol. The van der Waals surface area contributed by atoms with Gasteiger partial charge in [-0.3, -0.25) is 0 Å². The van der Waals surface area contributed by atoms with Crippen LogP contribution in [0, 0.1) is 0 Å². The molecule has 0 unspecified atom stereocenters. The summed E-state index contributed by atoms with van der Waals surface area (Å²) in [6.45, 7) is 1.59. The van der Waals surface area contributed by atoms with Crippen molar-refractivity contribution in [3.05, 3.63) is 0 Å². The Morgan fingerprint density at radius 2 is 2.29 bits per heavy atom. The molecule has 3 fully saturated rings. The minimum atomic E-state index is -2.86. The van der Waals surface area contributed by atoms with Crippen molar-refractivity contribution in [3.8, 4) is 0 Å². The van der Waals surface area contributed by atoms with Crippen LogP contribution in [0.2, 0.25) is 0 Å². The molecule has 0 N–H and O–H groups in total. The molecular formula is C10H15NO3S3. The summed E-state index contributed by atoms with van der Waals surface area (Å²) in [6.07, 6.45) is 2.40. The first-order valence-corrected chi connectivity index (χ1v) is 8.95. The Kier molecular flexibility index (Phi) is 3.13. The van der Waals surface area contributed by atoms with Crippen LogP contribution in [0.5, 0.6) is 0 Å². The van der Waals surface area contributed by atoms with Gasteiger partial charge in [-0.25, -0.2) is 8.42 Å². The number of thioether (sulfide) groups is 1. The van der Waals surface area contributed by atoms with E-state index < -0.39 is 9.84 Å². The van der Waals surface area contributed by atoms with E-state index in [2.05, 4.69) is 4.90 Å². The van der Waals surface area contributed by atoms with E-state index in [1.807, 2.05) is 0 Å². The van der Waals surface area contributed by atoms with Gasteiger partial charge < -0.3 is 9.64 Å². The Bertz CT molecular complexity index is 430. The fourth-order valence-electron chi connectivity index (χ4n) is 2.75. The lowest BCUT2D eigenvalue weighted by atomic mass is 10.2. The maximum absolute atomic E-state index is 11.6. The molecule has 0 aromatic rings. The van der Waals surface area contributed by atoms with Crippen molar-refractivity contribution in [1.29, 1.82) is 0 Å². The lowest BCUT2D eigenvalue weighted by Crippen LogP contribution is -2.41. The number of hydrogen-bond donors (Lipinski definition) is 0. The summed E-state index contributed by atoms with van der Waals surface area (Å²) >= 11 is 6.90. The third-order valence-electron chi connectivity index (χ3n) is 3.58. The van der Waals surface area contributed by atoms with Crippen molar-refractivity contribution in [2.75, 3.05) is 24.7 Å². The molecule has 3 aliphatic heterocycles. The number of thiocarbonyl (C=S) groups is 1. The number of hydrogen-bond acceptors (Lipinski definition) is 5. The van der Waals surface area contributed by atoms with Crippen molar-refractivity contribution >= 4 is 38.1 Å². The summed E-state index contributed by atoms with van der Waals surface area (Å²) in [6, 6.07) is 0.0849. The van der Waals surface area contributed by atoms with E-state index in [0.29, 0.717) is 0 Å². The lowest BCUT2D eigenvalue weighted by molar-refractivity contribution is 0.0874. The van der Waals surface area contributed by atoms with Crippen LogP contribution >= 0.6 is 24.0 Å². The molecule has 4 nitrogen and oxygen atoms in total. The van der Waals surface area contributed by atoms with Crippen molar-refractivity contribution in [1.82, 2.24) is 4.90 Å². The normalized spacial score (nSPS) is 39.9. The summed E-state index contributed by atoms with van der Waals surface area (Å²) in [7, 11) is -2.86. The Labute approximate surface area is 111 Å². The van der Waals surface area contributed by atoms with E-state index in [1.54, 1.807) is 11.8 Å². The van der Waals surface area contributed by atoms with Crippen molar-refractivity contribution < 1.29 is 13.2 Å². The molecular weight excluding hydrogens is 278 g/mol. The SMILES string of the molecule is O=S1(=O)C[C@@H]2SC(=S)N(C[C@@H]3CCCO3)[C@H]2C1. The number of rotatable bonds is 2. The minimum absolute atomic E-state index is 0.0849. The van der Waals surface area contributed by atoms with Crippen molar-refractivity contribution in [3.63, 3.8) is 0 Å². The average Bonchev–Trinajstić information content (AvgIpc) is 2.87. The molecule has 0 saturated carbocycles. The van der Waals surface area contributed by atoms with Crippen LogP contribution in [0.1, 0.15) is 12.8 Å². The number of fused-ring (bicyclic) bond motifs is 1. The summed E-state index contributed by atoms with van der Waals surface area (Å²) in [5.74, 6) is 0.544. The monoisotopic (exact) mass is 293 g/mol. The second-order valence-electron chi connectivity index (χ2n) is 4.85. The quantitative estimate of drug-likeness (QED) is 0.697. The summed E-state index contributed by atoms with van der Waals surface area (Å²) in [5.41, 5.74) is 0. The molecule has 17 heavy (non-hydrogen) atoms. The van der Waals surface area contributed by atoms with Crippen LogP contribution < -0.4 is 0 Å². The molecule has 0 aliphatic carbocycles. The Balaban J connectivity index is 1.72. The Morgan fingerprint density at radius 3 is 3.00 bits per heavy atom. The molecule has 0 radical (unpaired) electrons. The van der Waals surface area contributed by atoms with E-state index in [-0.39, 0.29) is 28.9 Å². The molecule has 3 rings (SSSR count). The zero-order valence-electron chi connectivity index (χ0n) is 9.37. The third kappa shape index (κ3) is 2.34. The van der Waals surface area contributed by atoms with Gasteiger partial charge in [0.15, 0.2) is 9.84 Å². The van der Waals surface area contributed by atoms with Gasteiger partial charge in [-0.05, 0) is 12.8 Å². The van der Waals surface area contributed by atoms with E-state index in [0.717, 1.165) is 30.3 Å². The zero-order chi connectivity index (χ0) is 12.0. The standard InChI is InChI=1S/C10H15NO3S3/c12-17(13)5-8-9(6-17)16-10(15)11(8)4-7-2-1-3-14-7/h7-9H,1-6H2/t7-,8-,9-/m0/s1. The molecule has 0 aromatic heterocycles. The third-order valence-corrected chi connectivity index (χ3v) is 7.25. The molecule has 3 saturated heterocycles. The molecule has 3 atom stereocenters. The van der Waals surface area contributed by atoms with E-state index in [1.165, 1.54) is 0 Å². The second kappa shape index (κ2) is 4.36. The average molecular weight is 293 g/mol. The van der Waals surface area contributed by atoms with E-state index in [4.69, 9.17) is 17.0 Å². The van der Waals surface area contributed by atoms with Gasteiger partial charge in [-0.1, -0.05) is 24.0 Å². The molecule has 0 amide bonds. The van der Waals surface area contributed by atoms with Crippen LogP contribution in [0.4, 0.5) is 0 Å². The molecule has 7 heteroatoms. The first-order valence-electron chi connectivity index (χ1n) is 5.84. The largest absolute Gasteiger partial charge is 0.376 e. The Hall–Kier alpha value is 0.150. The van der Waals surface area contributed by atoms with Crippen molar-refractivity contribution in [2.45, 2.75) is 30.2 Å². The highest BCUT2D eigenvalue weighted by atomic mass is 32.2. The van der Waals surface area contributed by atoms with Crippen LogP contribution in [-0.4, -0.2) is 59.7 Å². The molecule has 0 aromatic carbocycles. The summed E-state index contributed by atoms with van der Waals surface area (Å²) in [4.78, 5) is 2.09. The molecule has 0 bridgehead atoms. The second-order valence-corrected chi connectivity index (χ2v) is 8.88. The van der Waals surface area contributed by atoms with Crippen LogP contribution in [0.25, 0.3) is 0 Å². The predicted octanol–water partition coefficient (Wildman–Crippen LogP) is 0.665. The summed E-state index contributed by atoms with van der Waals surface area (Å²) in [5, 5.41) is 0.147. The smallest absolute Gasteiger partial charge is 0.153 e. The fraction of sp³-hybridized carbons (Fsp3) is 0.900. The van der Waals surface area contributed by atoms with Gasteiger partial charge in [-0.2, -0.15) is 0 Å². The lowest BCUT2D eigenvalue weighted by Gasteiger charge is -2.26. The highest BCUT2D eigenvalue weighted by Crippen LogP contribution is 2.38. The Morgan fingerprint density at radius 1 is 1.47 bits per heavy atom. The van der Waals surface area contributed by atoms with Gasteiger partial charge in [0.1, 0.15) is 4.32 Å². The van der Waals surface area contributed by atoms with Crippen LogP contribution in [-0.2, 0) is 14.6 Å². The van der Waals surface area contributed by atoms with E-state index in [9.17, 15) is 8.42 Å². The van der Waals surface area contributed by atoms with Crippen LogP contribution in [0.15, 0.2) is 0 Å². The molecule has 0 spiro atoms. The number of nitrogens with zero attached hydrogens (tertiary/aromatic N) is 1. The molecule has 3 heterocycles. The van der Waals surface area contributed by atoms with Gasteiger partial charge in [0.2, 0.25) is 0 Å². The topological polar surface area (TPSA) is 46.6 Å². The minimum Gasteiger partial charge on any atom is -0.376 e. The number of sulfone groups is 1. The maximum atomic E-state index is 11.6. The fourth-order valence-corrected chi connectivity index (χ4v) is 7.14. The highest BCUT2D eigenvalue weighted by molar-refractivity contribution is 8.24. The maximum Gasteiger partial charge on any atom is 0.153 e. The zero-order valence-corrected chi connectivity index (χ0v) is 11.8. The highest BCUT2D eigenvalue weighted by Gasteiger charge is 2.48.